The number of rotatable bonds is 4. The van der Waals surface area contributed by atoms with E-state index in [0.717, 1.165) is 31.3 Å². The molecule has 4 heteroatoms. The molecule has 1 N–H and O–H groups in total. The maximum atomic E-state index is 6.43. The Labute approximate surface area is 126 Å². The lowest BCUT2D eigenvalue weighted by atomic mass is 10.1. The van der Waals surface area contributed by atoms with E-state index in [1.165, 1.54) is 30.5 Å². The SMILES string of the molecule is CCNCc1c(Cl)cccc1N1CCOC2CCCC21. The Morgan fingerprint density at radius 3 is 3.15 bits per heavy atom. The molecule has 2 unspecified atom stereocenters. The minimum atomic E-state index is 0.412. The van der Waals surface area contributed by atoms with Crippen molar-refractivity contribution in [2.24, 2.45) is 0 Å². The predicted molar refractivity (Wildman–Crippen MR) is 83.6 cm³/mol. The lowest BCUT2D eigenvalue weighted by Crippen LogP contribution is -2.49. The van der Waals surface area contributed by atoms with Crippen LogP contribution in [0.3, 0.4) is 0 Å². The minimum Gasteiger partial charge on any atom is -0.374 e. The number of hydrogen-bond acceptors (Lipinski definition) is 3. The van der Waals surface area contributed by atoms with Crippen molar-refractivity contribution in [2.75, 3.05) is 24.6 Å². The molecule has 3 nitrogen and oxygen atoms in total. The topological polar surface area (TPSA) is 24.5 Å². The van der Waals surface area contributed by atoms with Crippen molar-refractivity contribution >= 4 is 17.3 Å². The zero-order valence-corrected chi connectivity index (χ0v) is 12.8. The van der Waals surface area contributed by atoms with Gasteiger partial charge in [0.2, 0.25) is 0 Å². The van der Waals surface area contributed by atoms with E-state index in [0.29, 0.717) is 12.1 Å². The van der Waals surface area contributed by atoms with Gasteiger partial charge in [0.05, 0.1) is 18.8 Å². The average molecular weight is 295 g/mol. The van der Waals surface area contributed by atoms with E-state index in [1.54, 1.807) is 0 Å². The normalized spacial score (nSPS) is 25.8. The van der Waals surface area contributed by atoms with Gasteiger partial charge in [-0.05, 0) is 37.9 Å². The second kappa shape index (κ2) is 6.33. The number of ether oxygens (including phenoxy) is 1. The monoisotopic (exact) mass is 294 g/mol. The molecule has 0 bridgehead atoms. The molecule has 1 saturated heterocycles. The summed E-state index contributed by atoms with van der Waals surface area (Å²) in [7, 11) is 0. The Balaban J connectivity index is 1.90. The highest BCUT2D eigenvalue weighted by Gasteiger charge is 2.36. The molecular formula is C16H23ClN2O. The molecule has 1 aliphatic carbocycles. The van der Waals surface area contributed by atoms with E-state index in [2.05, 4.69) is 29.3 Å². The van der Waals surface area contributed by atoms with Crippen LogP contribution in [0.1, 0.15) is 31.7 Å². The van der Waals surface area contributed by atoms with E-state index in [4.69, 9.17) is 16.3 Å². The van der Waals surface area contributed by atoms with E-state index >= 15 is 0 Å². The van der Waals surface area contributed by atoms with Gasteiger partial charge in [-0.3, -0.25) is 0 Å². The summed E-state index contributed by atoms with van der Waals surface area (Å²) >= 11 is 6.43. The number of nitrogens with one attached hydrogen (secondary N) is 1. The van der Waals surface area contributed by atoms with Crippen LogP contribution < -0.4 is 10.2 Å². The Hall–Kier alpha value is -0.770. The van der Waals surface area contributed by atoms with Crippen LogP contribution >= 0.6 is 11.6 Å². The molecule has 0 aromatic heterocycles. The number of halogens is 1. The van der Waals surface area contributed by atoms with Crippen molar-refractivity contribution in [1.29, 1.82) is 0 Å². The number of nitrogens with zero attached hydrogens (tertiary/aromatic N) is 1. The largest absolute Gasteiger partial charge is 0.374 e. The van der Waals surface area contributed by atoms with Crippen molar-refractivity contribution in [2.45, 2.75) is 44.9 Å². The van der Waals surface area contributed by atoms with Gasteiger partial charge in [-0.2, -0.15) is 0 Å². The van der Waals surface area contributed by atoms with Crippen LogP contribution in [0.15, 0.2) is 18.2 Å². The van der Waals surface area contributed by atoms with Crippen LogP contribution in [0.5, 0.6) is 0 Å². The summed E-state index contributed by atoms with van der Waals surface area (Å²) in [5.41, 5.74) is 2.52. The van der Waals surface area contributed by atoms with Gasteiger partial charge in [-0.15, -0.1) is 0 Å². The molecule has 2 atom stereocenters. The first-order valence-corrected chi connectivity index (χ1v) is 8.05. The molecule has 1 aliphatic heterocycles. The Morgan fingerprint density at radius 1 is 1.40 bits per heavy atom. The molecule has 2 aliphatic rings. The van der Waals surface area contributed by atoms with Gasteiger partial charge in [0.1, 0.15) is 0 Å². The van der Waals surface area contributed by atoms with E-state index in [9.17, 15) is 0 Å². The van der Waals surface area contributed by atoms with Crippen molar-refractivity contribution in [1.82, 2.24) is 5.32 Å². The molecule has 1 heterocycles. The van der Waals surface area contributed by atoms with Gasteiger partial charge in [-0.25, -0.2) is 0 Å². The number of morpholine rings is 1. The fourth-order valence-corrected chi connectivity index (χ4v) is 3.70. The standard InChI is InChI=1S/C16H23ClN2O/c1-2-18-11-12-13(17)5-3-6-14(12)19-9-10-20-16-8-4-7-15(16)19/h3,5-6,15-16,18H,2,4,7-11H2,1H3. The second-order valence-electron chi connectivity index (χ2n) is 5.62. The third kappa shape index (κ3) is 2.67. The lowest BCUT2D eigenvalue weighted by Gasteiger charge is -2.40. The minimum absolute atomic E-state index is 0.412. The first-order valence-electron chi connectivity index (χ1n) is 7.67. The maximum Gasteiger partial charge on any atom is 0.0779 e. The zero-order valence-electron chi connectivity index (χ0n) is 12.1. The molecule has 20 heavy (non-hydrogen) atoms. The number of benzene rings is 1. The van der Waals surface area contributed by atoms with Gasteiger partial charge in [0.25, 0.3) is 0 Å². The Bertz CT molecular complexity index is 466. The van der Waals surface area contributed by atoms with Gasteiger partial charge >= 0.3 is 0 Å². The molecular weight excluding hydrogens is 272 g/mol. The zero-order chi connectivity index (χ0) is 13.9. The molecule has 0 radical (unpaired) electrons. The lowest BCUT2D eigenvalue weighted by molar-refractivity contribution is 0.0256. The van der Waals surface area contributed by atoms with E-state index < -0.39 is 0 Å². The summed E-state index contributed by atoms with van der Waals surface area (Å²) in [6.45, 7) is 5.72. The summed E-state index contributed by atoms with van der Waals surface area (Å²) in [6.07, 6.45) is 4.12. The third-order valence-electron chi connectivity index (χ3n) is 4.44. The second-order valence-corrected chi connectivity index (χ2v) is 6.03. The molecule has 0 spiro atoms. The van der Waals surface area contributed by atoms with Crippen LogP contribution in [-0.4, -0.2) is 31.8 Å². The highest BCUT2D eigenvalue weighted by Crippen LogP contribution is 2.36. The van der Waals surface area contributed by atoms with Crippen molar-refractivity contribution < 1.29 is 4.74 Å². The van der Waals surface area contributed by atoms with E-state index in [-0.39, 0.29) is 0 Å². The Morgan fingerprint density at radius 2 is 2.30 bits per heavy atom. The summed E-state index contributed by atoms with van der Waals surface area (Å²) in [5, 5.41) is 4.27. The number of hydrogen-bond donors (Lipinski definition) is 1. The van der Waals surface area contributed by atoms with Crippen LogP contribution in [-0.2, 0) is 11.3 Å². The van der Waals surface area contributed by atoms with Crippen LogP contribution in [0, 0.1) is 0 Å². The third-order valence-corrected chi connectivity index (χ3v) is 4.79. The van der Waals surface area contributed by atoms with Crippen LogP contribution in [0.4, 0.5) is 5.69 Å². The van der Waals surface area contributed by atoms with Crippen molar-refractivity contribution in [3.63, 3.8) is 0 Å². The van der Waals surface area contributed by atoms with Gasteiger partial charge in [0.15, 0.2) is 0 Å². The van der Waals surface area contributed by atoms with E-state index in [1.807, 2.05) is 6.07 Å². The highest BCUT2D eigenvalue weighted by molar-refractivity contribution is 6.31. The molecule has 1 aromatic rings. The summed E-state index contributed by atoms with van der Waals surface area (Å²) in [4.78, 5) is 2.53. The predicted octanol–water partition coefficient (Wildman–Crippen LogP) is 3.21. The fraction of sp³-hybridized carbons (Fsp3) is 0.625. The number of fused-ring (bicyclic) bond motifs is 1. The van der Waals surface area contributed by atoms with Gasteiger partial charge < -0.3 is 15.0 Å². The smallest absolute Gasteiger partial charge is 0.0779 e. The molecule has 3 rings (SSSR count). The first kappa shape index (κ1) is 14.2. The van der Waals surface area contributed by atoms with Gasteiger partial charge in [0, 0.05) is 29.4 Å². The quantitative estimate of drug-likeness (QED) is 0.923. The molecule has 0 amide bonds. The molecule has 1 aromatic carbocycles. The molecule has 110 valence electrons. The number of anilines is 1. The fourth-order valence-electron chi connectivity index (χ4n) is 3.47. The van der Waals surface area contributed by atoms with Gasteiger partial charge in [-0.1, -0.05) is 24.6 Å². The average Bonchev–Trinajstić information content (AvgIpc) is 2.94. The van der Waals surface area contributed by atoms with Crippen LogP contribution in [0.2, 0.25) is 5.02 Å². The maximum absolute atomic E-state index is 6.43. The molecule has 1 saturated carbocycles. The Kier molecular flexibility index (Phi) is 4.49. The highest BCUT2D eigenvalue weighted by atomic mass is 35.5. The van der Waals surface area contributed by atoms with Crippen molar-refractivity contribution in [3.8, 4) is 0 Å². The summed E-state index contributed by atoms with van der Waals surface area (Å²) in [5.74, 6) is 0. The van der Waals surface area contributed by atoms with Crippen LogP contribution in [0.25, 0.3) is 0 Å². The summed E-state index contributed by atoms with van der Waals surface area (Å²) in [6, 6.07) is 6.79. The summed E-state index contributed by atoms with van der Waals surface area (Å²) < 4.78 is 5.91. The molecule has 2 fully saturated rings. The van der Waals surface area contributed by atoms with Crippen molar-refractivity contribution in [3.05, 3.63) is 28.8 Å². The first-order chi connectivity index (χ1) is 9.81.